The highest BCUT2D eigenvalue weighted by molar-refractivity contribution is 7.92. The van der Waals surface area contributed by atoms with Gasteiger partial charge in [0.15, 0.2) is 0 Å². The highest BCUT2D eigenvalue weighted by Gasteiger charge is 2.20. The van der Waals surface area contributed by atoms with Crippen LogP contribution in [-0.2, 0) is 23.5 Å². The van der Waals surface area contributed by atoms with Crippen LogP contribution in [0.5, 0.6) is 0 Å². The van der Waals surface area contributed by atoms with Gasteiger partial charge < -0.3 is 9.67 Å². The third-order valence-corrected chi connectivity index (χ3v) is 4.47. The quantitative estimate of drug-likeness (QED) is 0.885. The summed E-state index contributed by atoms with van der Waals surface area (Å²) in [7, 11) is -2.32. The minimum Gasteiger partial charge on any atom is -0.477 e. The zero-order valence-corrected chi connectivity index (χ0v) is 12.5. The van der Waals surface area contributed by atoms with Crippen LogP contribution in [0.3, 0.4) is 0 Å². The molecular weight excluding hydrogens is 292 g/mol. The van der Waals surface area contributed by atoms with Crippen LogP contribution in [0.15, 0.2) is 41.4 Å². The smallest absolute Gasteiger partial charge is 0.352 e. The average Bonchev–Trinajstić information content (AvgIpc) is 2.82. The van der Waals surface area contributed by atoms with E-state index in [1.807, 2.05) is 19.1 Å². The van der Waals surface area contributed by atoms with E-state index < -0.39 is 16.0 Å². The number of aromatic nitrogens is 1. The Morgan fingerprint density at radius 3 is 2.38 bits per heavy atom. The van der Waals surface area contributed by atoms with Crippen LogP contribution in [0.4, 0.5) is 5.69 Å². The van der Waals surface area contributed by atoms with Gasteiger partial charge in [-0.05, 0) is 30.2 Å². The van der Waals surface area contributed by atoms with E-state index in [0.717, 1.165) is 18.1 Å². The van der Waals surface area contributed by atoms with Gasteiger partial charge in [-0.3, -0.25) is 4.72 Å². The van der Waals surface area contributed by atoms with Crippen LogP contribution in [0.2, 0.25) is 0 Å². The van der Waals surface area contributed by atoms with Crippen molar-refractivity contribution in [3.05, 3.63) is 47.8 Å². The number of nitrogens with one attached hydrogen (secondary N) is 1. The molecular formula is C14H16N2O4S. The fourth-order valence-electron chi connectivity index (χ4n) is 1.92. The molecule has 2 N–H and O–H groups in total. The number of nitrogens with zero attached hydrogens (tertiary/aromatic N) is 1. The maximum atomic E-state index is 12.2. The van der Waals surface area contributed by atoms with Crippen molar-refractivity contribution >= 4 is 21.7 Å². The van der Waals surface area contributed by atoms with E-state index in [2.05, 4.69) is 4.72 Å². The molecule has 0 saturated heterocycles. The first-order valence-electron chi connectivity index (χ1n) is 6.35. The molecule has 0 bridgehead atoms. The Balaban J connectivity index is 2.29. The zero-order valence-electron chi connectivity index (χ0n) is 11.7. The largest absolute Gasteiger partial charge is 0.477 e. The number of carboxylic acid groups (broad SMARTS) is 1. The third kappa shape index (κ3) is 3.25. The molecule has 0 unspecified atom stereocenters. The van der Waals surface area contributed by atoms with Crippen molar-refractivity contribution in [1.82, 2.24) is 4.57 Å². The summed E-state index contributed by atoms with van der Waals surface area (Å²) in [6.45, 7) is 2.01. The molecule has 0 spiro atoms. The van der Waals surface area contributed by atoms with Crippen molar-refractivity contribution in [2.75, 3.05) is 4.72 Å². The van der Waals surface area contributed by atoms with Crippen LogP contribution < -0.4 is 4.72 Å². The normalized spacial score (nSPS) is 11.3. The first-order valence-corrected chi connectivity index (χ1v) is 7.83. The Bertz CT molecular complexity index is 761. The van der Waals surface area contributed by atoms with Crippen molar-refractivity contribution in [3.63, 3.8) is 0 Å². The van der Waals surface area contributed by atoms with E-state index in [0.29, 0.717) is 5.69 Å². The zero-order chi connectivity index (χ0) is 15.6. The SMILES string of the molecule is CCc1ccc(NS(=O)(=O)c2cc(C(=O)O)n(C)c2)cc1. The number of aryl methyl sites for hydroxylation is 2. The summed E-state index contributed by atoms with van der Waals surface area (Å²) in [4.78, 5) is 10.9. The Morgan fingerprint density at radius 1 is 1.29 bits per heavy atom. The molecule has 1 aromatic carbocycles. The molecule has 0 amide bonds. The molecule has 112 valence electrons. The average molecular weight is 308 g/mol. The first kappa shape index (κ1) is 15.1. The molecule has 0 radical (unpaired) electrons. The molecule has 6 nitrogen and oxygen atoms in total. The monoisotopic (exact) mass is 308 g/mol. The summed E-state index contributed by atoms with van der Waals surface area (Å²) in [5.41, 5.74) is 1.45. The van der Waals surface area contributed by atoms with E-state index in [1.165, 1.54) is 17.8 Å². The maximum absolute atomic E-state index is 12.2. The molecule has 1 heterocycles. The lowest BCUT2D eigenvalue weighted by atomic mass is 10.2. The Morgan fingerprint density at radius 2 is 1.90 bits per heavy atom. The summed E-state index contributed by atoms with van der Waals surface area (Å²) in [6.07, 6.45) is 2.14. The number of hydrogen-bond acceptors (Lipinski definition) is 3. The number of carboxylic acids is 1. The van der Waals surface area contributed by atoms with Gasteiger partial charge in [0.2, 0.25) is 0 Å². The van der Waals surface area contributed by atoms with Gasteiger partial charge in [-0.15, -0.1) is 0 Å². The van der Waals surface area contributed by atoms with Gasteiger partial charge in [0.05, 0.1) is 0 Å². The number of sulfonamides is 1. The molecule has 7 heteroatoms. The van der Waals surface area contributed by atoms with E-state index >= 15 is 0 Å². The van der Waals surface area contributed by atoms with Gasteiger partial charge in [-0.1, -0.05) is 19.1 Å². The number of benzene rings is 1. The Kier molecular flexibility index (Phi) is 4.04. The molecule has 2 rings (SSSR count). The van der Waals surface area contributed by atoms with Gasteiger partial charge in [-0.25, -0.2) is 13.2 Å². The van der Waals surface area contributed by atoms with Crippen LogP contribution >= 0.6 is 0 Å². The summed E-state index contributed by atoms with van der Waals surface area (Å²) in [5.74, 6) is -1.17. The predicted molar refractivity (Wildman–Crippen MR) is 79.0 cm³/mol. The van der Waals surface area contributed by atoms with Gasteiger partial charge in [-0.2, -0.15) is 0 Å². The lowest BCUT2D eigenvalue weighted by Gasteiger charge is -2.07. The third-order valence-electron chi connectivity index (χ3n) is 3.12. The predicted octanol–water partition coefficient (Wildman–Crippen LogP) is 2.09. The highest BCUT2D eigenvalue weighted by Crippen LogP contribution is 2.19. The second-order valence-corrected chi connectivity index (χ2v) is 6.32. The van der Waals surface area contributed by atoms with Crippen molar-refractivity contribution in [2.24, 2.45) is 7.05 Å². The standard InChI is InChI=1S/C14H16N2O4S/c1-3-10-4-6-11(7-5-10)15-21(19,20)12-8-13(14(17)18)16(2)9-12/h4-9,15H,3H2,1-2H3,(H,17,18). The Labute approximate surface area is 123 Å². The summed E-state index contributed by atoms with van der Waals surface area (Å²) >= 11 is 0. The molecule has 0 atom stereocenters. The van der Waals surface area contributed by atoms with Crippen molar-refractivity contribution < 1.29 is 18.3 Å². The molecule has 0 saturated carbocycles. The first-order chi connectivity index (χ1) is 9.83. The molecule has 21 heavy (non-hydrogen) atoms. The van der Waals surface area contributed by atoms with Gasteiger partial charge in [0.25, 0.3) is 10.0 Å². The van der Waals surface area contributed by atoms with Crippen molar-refractivity contribution in [1.29, 1.82) is 0 Å². The minimum absolute atomic E-state index is 0.0815. The lowest BCUT2D eigenvalue weighted by Crippen LogP contribution is -2.12. The summed E-state index contributed by atoms with van der Waals surface area (Å²) in [6, 6.07) is 8.16. The van der Waals surface area contributed by atoms with Crippen molar-refractivity contribution in [2.45, 2.75) is 18.2 Å². The topological polar surface area (TPSA) is 88.4 Å². The van der Waals surface area contributed by atoms with Crippen LogP contribution in [0.25, 0.3) is 0 Å². The van der Waals surface area contributed by atoms with E-state index in [9.17, 15) is 13.2 Å². The number of carbonyl (C=O) groups is 1. The molecule has 0 aliphatic rings. The summed E-state index contributed by atoms with van der Waals surface area (Å²) in [5, 5.41) is 8.96. The number of hydrogen-bond donors (Lipinski definition) is 2. The second-order valence-electron chi connectivity index (χ2n) is 4.63. The number of aromatic carboxylic acids is 1. The van der Waals surface area contributed by atoms with Gasteiger partial charge >= 0.3 is 5.97 Å². The van der Waals surface area contributed by atoms with E-state index in [-0.39, 0.29) is 10.6 Å². The highest BCUT2D eigenvalue weighted by atomic mass is 32.2. The molecule has 0 aliphatic heterocycles. The Hall–Kier alpha value is -2.28. The molecule has 2 aromatic rings. The minimum atomic E-state index is -3.80. The van der Waals surface area contributed by atoms with Crippen LogP contribution in [0.1, 0.15) is 23.0 Å². The molecule has 0 fully saturated rings. The van der Waals surface area contributed by atoms with E-state index in [1.54, 1.807) is 12.1 Å². The number of anilines is 1. The maximum Gasteiger partial charge on any atom is 0.352 e. The fraction of sp³-hybridized carbons (Fsp3) is 0.214. The second kappa shape index (κ2) is 5.61. The van der Waals surface area contributed by atoms with Crippen LogP contribution in [0, 0.1) is 0 Å². The molecule has 1 aromatic heterocycles. The van der Waals surface area contributed by atoms with Crippen molar-refractivity contribution in [3.8, 4) is 0 Å². The fourth-order valence-corrected chi connectivity index (χ4v) is 3.04. The van der Waals surface area contributed by atoms with E-state index in [4.69, 9.17) is 5.11 Å². The summed E-state index contributed by atoms with van der Waals surface area (Å²) < 4.78 is 28.1. The van der Waals surface area contributed by atoms with Crippen LogP contribution in [-0.4, -0.2) is 24.1 Å². The molecule has 0 aliphatic carbocycles. The number of rotatable bonds is 5. The van der Waals surface area contributed by atoms with Gasteiger partial charge in [0.1, 0.15) is 10.6 Å². The lowest BCUT2D eigenvalue weighted by molar-refractivity contribution is 0.0686. The van der Waals surface area contributed by atoms with Gasteiger partial charge in [0, 0.05) is 18.9 Å².